The third-order valence-corrected chi connectivity index (χ3v) is 4.54. The van der Waals surface area contributed by atoms with Gasteiger partial charge in [-0.05, 0) is 48.6 Å². The lowest BCUT2D eigenvalue weighted by molar-refractivity contribution is 0.415. The molecule has 0 aliphatic carbocycles. The maximum atomic E-state index is 9.42. The first kappa shape index (κ1) is 19.7. The van der Waals surface area contributed by atoms with E-state index in [4.69, 9.17) is 28.6 Å². The Kier molecular flexibility index (Phi) is 6.48. The fourth-order valence-electron chi connectivity index (χ4n) is 2.59. The van der Waals surface area contributed by atoms with Crippen molar-refractivity contribution in [3.63, 3.8) is 0 Å². The maximum absolute atomic E-state index is 9.42. The quantitative estimate of drug-likeness (QED) is 0.415. The van der Waals surface area contributed by atoms with Crippen molar-refractivity contribution in [2.45, 2.75) is 0 Å². The van der Waals surface area contributed by atoms with Crippen molar-refractivity contribution >= 4 is 51.3 Å². The van der Waals surface area contributed by atoms with Crippen molar-refractivity contribution in [2.24, 2.45) is 0 Å². The number of ether oxygens (including phenoxy) is 1. The van der Waals surface area contributed by atoms with Gasteiger partial charge in [-0.1, -0.05) is 23.7 Å². The molecule has 0 spiro atoms. The molecule has 6 nitrogen and oxygen atoms in total. The predicted molar refractivity (Wildman–Crippen MR) is 117 cm³/mol. The van der Waals surface area contributed by atoms with Crippen LogP contribution in [0, 0.1) is 11.3 Å². The fraction of sp³-hybridized carbons (Fsp3) is 0.150. The number of nitriles is 1. The van der Waals surface area contributed by atoms with Crippen molar-refractivity contribution < 1.29 is 4.74 Å². The summed E-state index contributed by atoms with van der Waals surface area (Å²) in [5.74, 6) is 1.26. The average Bonchev–Trinajstić information content (AvgIpc) is 2.71. The van der Waals surface area contributed by atoms with Gasteiger partial charge in [0.15, 0.2) is 5.11 Å². The molecule has 0 bridgehead atoms. The van der Waals surface area contributed by atoms with E-state index in [2.05, 4.69) is 27.0 Å². The van der Waals surface area contributed by atoms with Gasteiger partial charge in [-0.2, -0.15) is 5.26 Å². The number of benzene rings is 2. The van der Waals surface area contributed by atoms with E-state index < -0.39 is 0 Å². The third kappa shape index (κ3) is 4.80. The van der Waals surface area contributed by atoms with Crippen molar-refractivity contribution in [1.29, 1.82) is 5.26 Å². The molecule has 28 heavy (non-hydrogen) atoms. The van der Waals surface area contributed by atoms with Crippen molar-refractivity contribution in [3.8, 4) is 11.8 Å². The second kappa shape index (κ2) is 9.22. The van der Waals surface area contributed by atoms with Crippen LogP contribution in [0.3, 0.4) is 0 Å². The maximum Gasteiger partial charge on any atom is 0.170 e. The highest BCUT2D eigenvalue weighted by Gasteiger charge is 2.08. The highest BCUT2D eigenvalue weighted by Crippen LogP contribution is 2.24. The van der Waals surface area contributed by atoms with Crippen LogP contribution in [0.1, 0.15) is 5.56 Å². The molecule has 1 heterocycles. The van der Waals surface area contributed by atoms with Gasteiger partial charge in [-0.15, -0.1) is 0 Å². The molecule has 0 aliphatic rings. The first-order chi connectivity index (χ1) is 13.6. The van der Waals surface area contributed by atoms with Crippen molar-refractivity contribution in [2.75, 3.05) is 30.8 Å². The summed E-state index contributed by atoms with van der Waals surface area (Å²) in [6.07, 6.45) is 0. The molecule has 0 saturated heterocycles. The van der Waals surface area contributed by atoms with Crippen LogP contribution in [0.5, 0.6) is 5.75 Å². The Bertz CT molecular complexity index is 1050. The lowest BCUT2D eigenvalue weighted by Crippen LogP contribution is -2.32. The highest BCUT2D eigenvalue weighted by atomic mass is 35.5. The molecule has 0 aliphatic heterocycles. The summed E-state index contributed by atoms with van der Waals surface area (Å²) in [5.41, 5.74) is 2.00. The Hall–Kier alpha value is -3.08. The number of nitrogens with zero attached hydrogens (tertiary/aromatic N) is 2. The van der Waals surface area contributed by atoms with E-state index in [0.717, 1.165) is 22.3 Å². The van der Waals surface area contributed by atoms with Gasteiger partial charge in [0.1, 0.15) is 17.6 Å². The number of hydrogen-bond donors (Lipinski definition) is 3. The molecule has 8 heteroatoms. The minimum atomic E-state index is 0.467. The summed E-state index contributed by atoms with van der Waals surface area (Å²) in [5, 5.41) is 20.6. The number of para-hydroxylation sites is 1. The first-order valence-electron chi connectivity index (χ1n) is 8.53. The second-order valence-corrected chi connectivity index (χ2v) is 6.66. The number of nitrogens with one attached hydrogen (secondary N) is 3. The summed E-state index contributed by atoms with van der Waals surface area (Å²) in [6, 6.07) is 16.9. The smallest absolute Gasteiger partial charge is 0.170 e. The van der Waals surface area contributed by atoms with Crippen LogP contribution in [0.25, 0.3) is 10.9 Å². The lowest BCUT2D eigenvalue weighted by atomic mass is 10.1. The number of pyridine rings is 1. The molecule has 3 rings (SSSR count). The van der Waals surface area contributed by atoms with E-state index in [9.17, 15) is 5.26 Å². The van der Waals surface area contributed by atoms with E-state index in [1.807, 2.05) is 36.4 Å². The molecule has 1 aromatic heterocycles. The highest BCUT2D eigenvalue weighted by molar-refractivity contribution is 7.80. The molecule has 3 N–H and O–H groups in total. The van der Waals surface area contributed by atoms with Crippen molar-refractivity contribution in [3.05, 3.63) is 59.1 Å². The van der Waals surface area contributed by atoms with Crippen LogP contribution in [0.15, 0.2) is 48.5 Å². The Morgan fingerprint density at radius 2 is 2.04 bits per heavy atom. The van der Waals surface area contributed by atoms with Crippen LogP contribution in [-0.4, -0.2) is 30.3 Å². The number of aromatic nitrogens is 1. The van der Waals surface area contributed by atoms with Gasteiger partial charge in [0.2, 0.25) is 0 Å². The zero-order valence-corrected chi connectivity index (χ0v) is 16.7. The van der Waals surface area contributed by atoms with Crippen LogP contribution < -0.4 is 20.7 Å². The molecule has 0 fully saturated rings. The molecular formula is C20H18ClN5OS. The normalized spacial score (nSPS) is 10.2. The van der Waals surface area contributed by atoms with E-state index >= 15 is 0 Å². The summed E-state index contributed by atoms with van der Waals surface area (Å²) < 4.78 is 5.22. The molecule has 0 unspecified atom stereocenters. The number of hydrogen-bond acceptors (Lipinski definition) is 5. The van der Waals surface area contributed by atoms with Gasteiger partial charge < -0.3 is 20.7 Å². The van der Waals surface area contributed by atoms with Gasteiger partial charge in [0.05, 0.1) is 28.9 Å². The Morgan fingerprint density at radius 3 is 2.79 bits per heavy atom. The second-order valence-electron chi connectivity index (χ2n) is 5.84. The molecule has 2 aromatic carbocycles. The lowest BCUT2D eigenvalue weighted by Gasteiger charge is -2.13. The number of rotatable bonds is 6. The van der Waals surface area contributed by atoms with Gasteiger partial charge in [-0.3, -0.25) is 0 Å². The van der Waals surface area contributed by atoms with E-state index in [0.29, 0.717) is 34.6 Å². The minimum absolute atomic E-state index is 0.467. The molecule has 0 atom stereocenters. The van der Waals surface area contributed by atoms with Gasteiger partial charge >= 0.3 is 0 Å². The zero-order chi connectivity index (χ0) is 19.9. The average molecular weight is 412 g/mol. The summed E-state index contributed by atoms with van der Waals surface area (Å²) in [7, 11) is 1.60. The minimum Gasteiger partial charge on any atom is -0.497 e. The third-order valence-electron chi connectivity index (χ3n) is 3.97. The number of anilines is 2. The Balaban J connectivity index is 1.58. The van der Waals surface area contributed by atoms with Crippen LogP contribution >= 0.6 is 23.8 Å². The molecule has 3 aromatic rings. The number of fused-ring (bicyclic) bond motifs is 1. The van der Waals surface area contributed by atoms with Crippen LogP contribution in [0.4, 0.5) is 11.5 Å². The molecule has 0 radical (unpaired) electrons. The number of halogens is 1. The van der Waals surface area contributed by atoms with Gasteiger partial charge in [-0.25, -0.2) is 4.98 Å². The standard InChI is InChI=1S/C20H18ClN5OS/c1-27-15-6-7-17-13(11-15)10-14(12-22)19(25-17)23-8-9-24-20(28)26-18-5-3-2-4-16(18)21/h2-7,10-11H,8-9H2,1H3,(H,23,25)(H2,24,26,28). The molecule has 0 saturated carbocycles. The van der Waals surface area contributed by atoms with Crippen LogP contribution in [-0.2, 0) is 0 Å². The zero-order valence-electron chi connectivity index (χ0n) is 15.1. The monoisotopic (exact) mass is 411 g/mol. The van der Waals surface area contributed by atoms with E-state index in [-0.39, 0.29) is 0 Å². The molecule has 0 amide bonds. The molecular weight excluding hydrogens is 394 g/mol. The van der Waals surface area contributed by atoms with E-state index in [1.54, 1.807) is 19.2 Å². The summed E-state index contributed by atoms with van der Waals surface area (Å²) in [6.45, 7) is 1.08. The van der Waals surface area contributed by atoms with E-state index in [1.165, 1.54) is 0 Å². The SMILES string of the molecule is COc1ccc2nc(NCCNC(=S)Nc3ccccc3Cl)c(C#N)cc2c1. The Labute approximate surface area is 173 Å². The van der Waals surface area contributed by atoms with Gasteiger partial charge in [0, 0.05) is 18.5 Å². The predicted octanol–water partition coefficient (Wildman–Crippen LogP) is 4.17. The van der Waals surface area contributed by atoms with Crippen LogP contribution in [0.2, 0.25) is 5.02 Å². The number of thiocarbonyl (C=S) groups is 1. The van der Waals surface area contributed by atoms with Gasteiger partial charge in [0.25, 0.3) is 0 Å². The first-order valence-corrected chi connectivity index (χ1v) is 9.31. The van der Waals surface area contributed by atoms with Crippen molar-refractivity contribution in [1.82, 2.24) is 10.3 Å². The summed E-state index contributed by atoms with van der Waals surface area (Å²) >= 11 is 11.4. The largest absolute Gasteiger partial charge is 0.497 e. The topological polar surface area (TPSA) is 82.0 Å². The number of methoxy groups -OCH3 is 1. The summed E-state index contributed by atoms with van der Waals surface area (Å²) in [4.78, 5) is 4.53. The molecule has 142 valence electrons. The fourth-order valence-corrected chi connectivity index (χ4v) is 2.98. The Morgan fingerprint density at radius 1 is 1.21 bits per heavy atom.